The molecule has 1 aliphatic carbocycles. The summed E-state index contributed by atoms with van der Waals surface area (Å²) in [4.78, 5) is 29.2. The number of aromatic nitrogens is 2. The zero-order chi connectivity index (χ0) is 15.8. The fraction of sp³-hybridized carbons (Fsp3) is 0.211. The highest BCUT2D eigenvalue weighted by atomic mass is 16.1. The fourth-order valence-corrected chi connectivity index (χ4v) is 3.21. The Morgan fingerprint density at radius 2 is 1.91 bits per heavy atom. The molecule has 0 bridgehead atoms. The van der Waals surface area contributed by atoms with Gasteiger partial charge >= 0.3 is 0 Å². The smallest absolute Gasteiger partial charge is 0.261 e. The summed E-state index contributed by atoms with van der Waals surface area (Å²) in [6.45, 7) is 0.0233. The van der Waals surface area contributed by atoms with Crippen molar-refractivity contribution in [1.29, 1.82) is 0 Å². The molecular formula is C19H16N2O2. The third-order valence-corrected chi connectivity index (χ3v) is 4.47. The van der Waals surface area contributed by atoms with Gasteiger partial charge in [-0.25, -0.2) is 4.98 Å². The Hall–Kier alpha value is -2.75. The molecule has 1 heterocycles. The molecule has 0 aliphatic heterocycles. The van der Waals surface area contributed by atoms with E-state index < -0.39 is 0 Å². The maximum absolute atomic E-state index is 12.5. The molecule has 0 amide bonds. The van der Waals surface area contributed by atoms with E-state index in [-0.39, 0.29) is 17.9 Å². The molecule has 1 aliphatic rings. The van der Waals surface area contributed by atoms with Crippen LogP contribution in [0.2, 0.25) is 0 Å². The van der Waals surface area contributed by atoms with E-state index in [1.165, 1.54) is 22.0 Å². The van der Waals surface area contributed by atoms with E-state index in [0.717, 1.165) is 19.3 Å². The van der Waals surface area contributed by atoms with E-state index in [1.807, 2.05) is 24.3 Å². The number of benzene rings is 2. The number of Topliss-reactive ketones (excluding diaryl/α,β-unsaturated/α-hetero) is 1. The van der Waals surface area contributed by atoms with Crippen LogP contribution in [0, 0.1) is 0 Å². The topological polar surface area (TPSA) is 52.0 Å². The largest absolute Gasteiger partial charge is 0.292 e. The lowest BCUT2D eigenvalue weighted by Gasteiger charge is -2.07. The number of aryl methyl sites for hydroxylation is 2. The minimum Gasteiger partial charge on any atom is -0.292 e. The molecule has 4 heteroatoms. The van der Waals surface area contributed by atoms with Gasteiger partial charge < -0.3 is 0 Å². The zero-order valence-electron chi connectivity index (χ0n) is 12.7. The first kappa shape index (κ1) is 13.9. The number of fused-ring (bicyclic) bond motifs is 2. The molecule has 0 radical (unpaired) electrons. The highest BCUT2D eigenvalue weighted by Crippen LogP contribution is 2.23. The van der Waals surface area contributed by atoms with Crippen molar-refractivity contribution >= 4 is 16.7 Å². The third kappa shape index (κ3) is 2.46. The van der Waals surface area contributed by atoms with Gasteiger partial charge in [0.1, 0.15) is 0 Å². The van der Waals surface area contributed by atoms with Crippen molar-refractivity contribution < 1.29 is 4.79 Å². The average molecular weight is 304 g/mol. The normalized spacial score (nSPS) is 13.2. The Labute approximate surface area is 133 Å². The molecule has 0 fully saturated rings. The van der Waals surface area contributed by atoms with Gasteiger partial charge in [0.15, 0.2) is 5.78 Å². The van der Waals surface area contributed by atoms with Crippen LogP contribution in [0.15, 0.2) is 53.6 Å². The lowest BCUT2D eigenvalue weighted by atomic mass is 10.0. The lowest BCUT2D eigenvalue weighted by Crippen LogP contribution is -2.24. The SMILES string of the molecule is O=C(Cn1cnc2ccccc2c1=O)c1ccc2c(c1)CCC2. The van der Waals surface area contributed by atoms with E-state index in [1.54, 1.807) is 18.2 Å². The van der Waals surface area contributed by atoms with Crippen LogP contribution in [0.1, 0.15) is 27.9 Å². The predicted octanol–water partition coefficient (Wildman–Crippen LogP) is 2.77. The second-order valence-corrected chi connectivity index (χ2v) is 5.95. The molecule has 0 spiro atoms. The Morgan fingerprint density at radius 1 is 1.09 bits per heavy atom. The molecule has 4 nitrogen and oxygen atoms in total. The summed E-state index contributed by atoms with van der Waals surface area (Å²) in [6.07, 6.45) is 4.74. The van der Waals surface area contributed by atoms with Crippen molar-refractivity contribution in [3.63, 3.8) is 0 Å². The molecule has 2 aromatic carbocycles. The fourth-order valence-electron chi connectivity index (χ4n) is 3.21. The van der Waals surface area contributed by atoms with Crippen LogP contribution in [0.25, 0.3) is 10.9 Å². The number of carbonyl (C=O) groups excluding carboxylic acids is 1. The molecule has 0 saturated carbocycles. The van der Waals surface area contributed by atoms with Crippen LogP contribution in [0.5, 0.6) is 0 Å². The molecule has 0 unspecified atom stereocenters. The van der Waals surface area contributed by atoms with Crippen LogP contribution in [0.4, 0.5) is 0 Å². The van der Waals surface area contributed by atoms with Crippen molar-refractivity contribution in [2.45, 2.75) is 25.8 Å². The first-order valence-electron chi connectivity index (χ1n) is 7.81. The highest BCUT2D eigenvalue weighted by molar-refractivity contribution is 5.96. The van der Waals surface area contributed by atoms with Gasteiger partial charge in [-0.2, -0.15) is 0 Å². The minimum absolute atomic E-state index is 0.0233. The molecule has 0 N–H and O–H groups in total. The van der Waals surface area contributed by atoms with Gasteiger partial charge in [-0.3, -0.25) is 14.2 Å². The van der Waals surface area contributed by atoms with E-state index in [0.29, 0.717) is 16.5 Å². The second kappa shape index (κ2) is 5.47. The summed E-state index contributed by atoms with van der Waals surface area (Å²) in [6, 6.07) is 13.1. The molecule has 1 aromatic heterocycles. The number of hydrogen-bond donors (Lipinski definition) is 0. The van der Waals surface area contributed by atoms with Gasteiger partial charge in [0, 0.05) is 5.56 Å². The maximum Gasteiger partial charge on any atom is 0.261 e. The van der Waals surface area contributed by atoms with E-state index >= 15 is 0 Å². The summed E-state index contributed by atoms with van der Waals surface area (Å²) >= 11 is 0. The van der Waals surface area contributed by atoms with Crippen LogP contribution in [-0.2, 0) is 19.4 Å². The minimum atomic E-state index is -0.176. The van der Waals surface area contributed by atoms with Crippen molar-refractivity contribution in [1.82, 2.24) is 9.55 Å². The number of ketones is 1. The van der Waals surface area contributed by atoms with Gasteiger partial charge in [0.2, 0.25) is 0 Å². The highest BCUT2D eigenvalue weighted by Gasteiger charge is 2.15. The molecule has 0 atom stereocenters. The lowest BCUT2D eigenvalue weighted by molar-refractivity contribution is 0.0970. The maximum atomic E-state index is 12.5. The van der Waals surface area contributed by atoms with Crippen LogP contribution >= 0.6 is 0 Å². The number of nitrogens with zero attached hydrogens (tertiary/aromatic N) is 2. The van der Waals surface area contributed by atoms with E-state index in [2.05, 4.69) is 4.98 Å². The Balaban J connectivity index is 1.66. The average Bonchev–Trinajstić information content (AvgIpc) is 3.05. The van der Waals surface area contributed by atoms with Crippen molar-refractivity contribution in [2.24, 2.45) is 0 Å². The molecule has 4 rings (SSSR count). The standard InChI is InChI=1S/C19H16N2O2/c22-18(15-9-8-13-4-3-5-14(13)10-15)11-21-12-20-17-7-2-1-6-16(17)19(21)23/h1-2,6-10,12H,3-5,11H2. The molecule has 23 heavy (non-hydrogen) atoms. The van der Waals surface area contributed by atoms with E-state index in [4.69, 9.17) is 0 Å². The second-order valence-electron chi connectivity index (χ2n) is 5.95. The van der Waals surface area contributed by atoms with Gasteiger partial charge in [0.05, 0.1) is 23.8 Å². The number of para-hydroxylation sites is 1. The van der Waals surface area contributed by atoms with Crippen molar-refractivity contribution in [2.75, 3.05) is 0 Å². The molecule has 0 saturated heterocycles. The summed E-state index contributed by atoms with van der Waals surface area (Å²) in [5, 5.41) is 0.539. The molecule has 3 aromatic rings. The first-order chi connectivity index (χ1) is 11.2. The van der Waals surface area contributed by atoms with Gasteiger partial charge in [-0.05, 0) is 48.6 Å². The number of carbonyl (C=O) groups is 1. The monoisotopic (exact) mass is 304 g/mol. The molecule has 114 valence electrons. The van der Waals surface area contributed by atoms with E-state index in [9.17, 15) is 9.59 Å². The van der Waals surface area contributed by atoms with Gasteiger partial charge in [-0.1, -0.05) is 24.3 Å². The van der Waals surface area contributed by atoms with Crippen molar-refractivity contribution in [3.8, 4) is 0 Å². The van der Waals surface area contributed by atoms with Crippen molar-refractivity contribution in [3.05, 3.63) is 75.8 Å². The summed E-state index contributed by atoms with van der Waals surface area (Å²) < 4.78 is 1.39. The Bertz CT molecular complexity index is 973. The van der Waals surface area contributed by atoms with Crippen LogP contribution in [0.3, 0.4) is 0 Å². The molecular weight excluding hydrogens is 288 g/mol. The summed E-state index contributed by atoms with van der Waals surface area (Å²) in [5.41, 5.74) is 3.75. The summed E-state index contributed by atoms with van der Waals surface area (Å²) in [5.74, 6) is -0.0566. The quantitative estimate of drug-likeness (QED) is 0.699. The first-order valence-corrected chi connectivity index (χ1v) is 7.81. The zero-order valence-corrected chi connectivity index (χ0v) is 12.7. The summed E-state index contributed by atoms with van der Waals surface area (Å²) in [7, 11) is 0. The Morgan fingerprint density at radius 3 is 2.83 bits per heavy atom. The van der Waals surface area contributed by atoms with Gasteiger partial charge in [-0.15, -0.1) is 0 Å². The number of hydrogen-bond acceptors (Lipinski definition) is 3. The van der Waals surface area contributed by atoms with Crippen LogP contribution in [-0.4, -0.2) is 15.3 Å². The predicted molar refractivity (Wildman–Crippen MR) is 88.8 cm³/mol. The van der Waals surface area contributed by atoms with Gasteiger partial charge in [0.25, 0.3) is 5.56 Å². The van der Waals surface area contributed by atoms with Crippen LogP contribution < -0.4 is 5.56 Å². The number of rotatable bonds is 3. The third-order valence-electron chi connectivity index (χ3n) is 4.47. The Kier molecular flexibility index (Phi) is 3.30.